The number of oxime groups is 1. The van der Waals surface area contributed by atoms with Crippen molar-refractivity contribution in [3.63, 3.8) is 0 Å². The lowest BCUT2D eigenvalue weighted by Crippen LogP contribution is -2.23. The molecule has 0 amide bonds. The number of benzene rings is 1. The van der Waals surface area contributed by atoms with E-state index in [4.69, 9.17) is 21.6 Å². The van der Waals surface area contributed by atoms with Gasteiger partial charge in [-0.3, -0.25) is 4.84 Å². The van der Waals surface area contributed by atoms with E-state index in [9.17, 15) is 4.79 Å². The molecular weight excluding hydrogens is 268 g/mol. The summed E-state index contributed by atoms with van der Waals surface area (Å²) in [6.45, 7) is 5.08. The fourth-order valence-corrected chi connectivity index (χ4v) is 1.36. The molecule has 0 N–H and O–H groups in total. The first-order chi connectivity index (χ1) is 8.83. The maximum Gasteiger partial charge on any atom is 0.535 e. The van der Waals surface area contributed by atoms with Gasteiger partial charge in [-0.15, -0.1) is 0 Å². The molecule has 0 aromatic heterocycles. The zero-order valence-electron chi connectivity index (χ0n) is 10.8. The summed E-state index contributed by atoms with van der Waals surface area (Å²) in [5.74, 6) is 0. The van der Waals surface area contributed by atoms with E-state index in [1.165, 1.54) is 0 Å². The number of carbonyl (C=O) groups excluding carboxylic acids is 1. The van der Waals surface area contributed by atoms with Gasteiger partial charge in [0.05, 0.1) is 5.02 Å². The lowest BCUT2D eigenvalue weighted by atomic mass is 10.1. The predicted molar refractivity (Wildman–Crippen MR) is 70.9 cm³/mol. The molecule has 0 aliphatic rings. The van der Waals surface area contributed by atoms with Crippen molar-refractivity contribution in [2.75, 3.05) is 0 Å². The molecule has 1 rings (SSSR count). The van der Waals surface area contributed by atoms with Crippen molar-refractivity contribution in [2.24, 2.45) is 5.16 Å². The first-order valence-corrected chi connectivity index (χ1v) is 5.84. The number of carbonyl (C=O) groups is 1. The maximum absolute atomic E-state index is 11.3. The molecule has 1 aromatic rings. The highest BCUT2D eigenvalue weighted by atomic mass is 35.5. The van der Waals surface area contributed by atoms with E-state index in [1.807, 2.05) is 6.07 Å². The Hall–Kier alpha value is -2.06. The quantitative estimate of drug-likeness (QED) is 0.360. The summed E-state index contributed by atoms with van der Waals surface area (Å²) in [6, 6.07) is 8.43. The molecule has 0 bridgehead atoms. The zero-order valence-corrected chi connectivity index (χ0v) is 11.6. The molecule has 1 aromatic carbocycles. The summed E-state index contributed by atoms with van der Waals surface area (Å²) in [5.41, 5.74) is -0.407. The van der Waals surface area contributed by atoms with Gasteiger partial charge in [0.1, 0.15) is 11.7 Å². The van der Waals surface area contributed by atoms with Crippen LogP contribution in [0.25, 0.3) is 0 Å². The Balaban J connectivity index is 2.83. The second kappa shape index (κ2) is 6.21. The molecule has 6 heteroatoms. The van der Waals surface area contributed by atoms with Crippen LogP contribution in [0, 0.1) is 11.3 Å². The maximum atomic E-state index is 11.3. The summed E-state index contributed by atoms with van der Waals surface area (Å²) in [7, 11) is 0. The van der Waals surface area contributed by atoms with Crippen molar-refractivity contribution < 1.29 is 14.4 Å². The van der Waals surface area contributed by atoms with E-state index in [1.54, 1.807) is 45.0 Å². The molecule has 0 aliphatic heterocycles. The van der Waals surface area contributed by atoms with Crippen molar-refractivity contribution in [2.45, 2.75) is 26.4 Å². The first-order valence-electron chi connectivity index (χ1n) is 5.46. The van der Waals surface area contributed by atoms with Crippen LogP contribution in [0.2, 0.25) is 5.02 Å². The summed E-state index contributed by atoms with van der Waals surface area (Å²) < 4.78 is 4.89. The molecule has 0 fully saturated rings. The Bertz CT molecular complexity index is 542. The van der Waals surface area contributed by atoms with Crippen LogP contribution in [0.4, 0.5) is 4.79 Å². The molecule has 100 valence electrons. The van der Waals surface area contributed by atoms with Gasteiger partial charge in [-0.1, -0.05) is 35.0 Å². The van der Waals surface area contributed by atoms with Gasteiger partial charge < -0.3 is 4.74 Å². The first kappa shape index (κ1) is 15.0. The summed E-state index contributed by atoms with van der Waals surface area (Å²) in [6.07, 6.45) is -0.979. The molecule has 0 saturated heterocycles. The minimum atomic E-state index is -0.979. The van der Waals surface area contributed by atoms with Crippen LogP contribution in [-0.2, 0) is 9.57 Å². The molecule has 0 atom stereocenters. The molecule has 19 heavy (non-hydrogen) atoms. The van der Waals surface area contributed by atoms with Crippen LogP contribution < -0.4 is 0 Å². The van der Waals surface area contributed by atoms with E-state index in [0.717, 1.165) is 0 Å². The zero-order chi connectivity index (χ0) is 14.5. The fourth-order valence-electron chi connectivity index (χ4n) is 1.13. The SMILES string of the molecule is CC(C)(C)OC(=O)O/N=C(\C#N)c1ccccc1Cl. The molecule has 0 unspecified atom stereocenters. The average molecular weight is 281 g/mol. The number of nitrogens with zero attached hydrogens (tertiary/aromatic N) is 2. The van der Waals surface area contributed by atoms with Crippen molar-refractivity contribution in [3.05, 3.63) is 34.9 Å². The number of rotatable bonds is 2. The van der Waals surface area contributed by atoms with Gasteiger partial charge in [0.15, 0.2) is 5.71 Å². The standard InChI is InChI=1S/C13H13ClN2O3/c1-13(2,3)18-12(17)19-16-11(8-15)9-6-4-5-7-10(9)14/h4-7H,1-3H3/b16-11+. The van der Waals surface area contributed by atoms with E-state index in [0.29, 0.717) is 10.6 Å². The van der Waals surface area contributed by atoms with Gasteiger partial charge >= 0.3 is 6.16 Å². The third kappa shape index (κ3) is 4.98. The van der Waals surface area contributed by atoms with Crippen molar-refractivity contribution in [3.8, 4) is 6.07 Å². The number of hydrogen-bond acceptors (Lipinski definition) is 5. The van der Waals surface area contributed by atoms with Crippen LogP contribution in [0.5, 0.6) is 0 Å². The second-order valence-corrected chi connectivity index (χ2v) is 4.99. The Kier molecular flexibility index (Phi) is 4.90. The van der Waals surface area contributed by atoms with Crippen molar-refractivity contribution >= 4 is 23.5 Å². The van der Waals surface area contributed by atoms with Crippen LogP contribution in [0.15, 0.2) is 29.4 Å². The summed E-state index contributed by atoms with van der Waals surface area (Å²) >= 11 is 5.92. The summed E-state index contributed by atoms with van der Waals surface area (Å²) in [4.78, 5) is 15.8. The topological polar surface area (TPSA) is 71.7 Å². The molecule has 0 saturated carbocycles. The van der Waals surface area contributed by atoms with Crippen LogP contribution in [-0.4, -0.2) is 17.5 Å². The highest BCUT2D eigenvalue weighted by Crippen LogP contribution is 2.16. The van der Waals surface area contributed by atoms with Crippen LogP contribution >= 0.6 is 11.6 Å². The number of ether oxygens (including phenoxy) is 1. The Morgan fingerprint density at radius 3 is 2.53 bits per heavy atom. The Labute approximate surface area is 116 Å². The average Bonchev–Trinajstić information content (AvgIpc) is 2.29. The van der Waals surface area contributed by atoms with Gasteiger partial charge in [0.25, 0.3) is 0 Å². The highest BCUT2D eigenvalue weighted by molar-refractivity contribution is 6.35. The van der Waals surface area contributed by atoms with E-state index in [-0.39, 0.29) is 5.71 Å². The molecular formula is C13H13ClN2O3. The third-order valence-corrected chi connectivity index (χ3v) is 2.17. The number of halogens is 1. The van der Waals surface area contributed by atoms with Gasteiger partial charge in [0, 0.05) is 5.56 Å². The number of nitriles is 1. The normalized spacial score (nSPS) is 11.6. The van der Waals surface area contributed by atoms with E-state index < -0.39 is 11.8 Å². The Morgan fingerprint density at radius 1 is 1.37 bits per heavy atom. The van der Waals surface area contributed by atoms with Gasteiger partial charge in [-0.2, -0.15) is 5.26 Å². The molecule has 5 nitrogen and oxygen atoms in total. The highest BCUT2D eigenvalue weighted by Gasteiger charge is 2.18. The van der Waals surface area contributed by atoms with Crippen LogP contribution in [0.3, 0.4) is 0 Å². The third-order valence-electron chi connectivity index (χ3n) is 1.84. The lowest BCUT2D eigenvalue weighted by molar-refractivity contribution is -0.00609. The smallest absolute Gasteiger partial charge is 0.427 e. The van der Waals surface area contributed by atoms with Gasteiger partial charge in [-0.25, -0.2) is 4.79 Å². The molecule has 0 heterocycles. The lowest BCUT2D eigenvalue weighted by Gasteiger charge is -2.17. The monoisotopic (exact) mass is 280 g/mol. The van der Waals surface area contributed by atoms with E-state index >= 15 is 0 Å². The molecule has 0 spiro atoms. The van der Waals surface area contributed by atoms with Crippen LogP contribution in [0.1, 0.15) is 26.3 Å². The Morgan fingerprint density at radius 2 is 2.00 bits per heavy atom. The van der Waals surface area contributed by atoms with Crippen molar-refractivity contribution in [1.29, 1.82) is 5.26 Å². The predicted octanol–water partition coefficient (Wildman–Crippen LogP) is 3.52. The summed E-state index contributed by atoms with van der Waals surface area (Å²) in [5, 5.41) is 12.8. The minimum absolute atomic E-state index is 0.101. The molecule has 0 aliphatic carbocycles. The second-order valence-electron chi connectivity index (χ2n) is 4.59. The van der Waals surface area contributed by atoms with E-state index in [2.05, 4.69) is 9.99 Å². The fraction of sp³-hybridized carbons (Fsp3) is 0.308. The van der Waals surface area contributed by atoms with Crippen molar-refractivity contribution in [1.82, 2.24) is 0 Å². The van der Waals surface area contributed by atoms with Gasteiger partial charge in [-0.05, 0) is 26.8 Å². The minimum Gasteiger partial charge on any atom is -0.427 e. The van der Waals surface area contributed by atoms with Gasteiger partial charge in [0.2, 0.25) is 0 Å². The molecule has 0 radical (unpaired) electrons. The largest absolute Gasteiger partial charge is 0.535 e. The number of hydrogen-bond donors (Lipinski definition) is 0.